The lowest BCUT2D eigenvalue weighted by Gasteiger charge is -2.53. The molecule has 4 aliphatic rings. The van der Waals surface area contributed by atoms with Gasteiger partial charge >= 0.3 is 0 Å². The second-order valence-electron chi connectivity index (χ2n) is 7.45. The molecular formula is C18H23NO2. The molecule has 1 aromatic rings. The second-order valence-corrected chi connectivity index (χ2v) is 7.45. The van der Waals surface area contributed by atoms with Crippen molar-refractivity contribution >= 4 is 11.6 Å². The number of rotatable bonds is 2. The van der Waals surface area contributed by atoms with E-state index < -0.39 is 0 Å². The van der Waals surface area contributed by atoms with E-state index in [0.29, 0.717) is 11.8 Å². The summed E-state index contributed by atoms with van der Waals surface area (Å²) in [6.45, 7) is 1.86. The van der Waals surface area contributed by atoms with E-state index in [1.54, 1.807) is 6.07 Å². The van der Waals surface area contributed by atoms with Gasteiger partial charge < -0.3 is 10.4 Å². The van der Waals surface area contributed by atoms with E-state index in [0.717, 1.165) is 23.1 Å². The van der Waals surface area contributed by atoms with Crippen LogP contribution in [0.15, 0.2) is 18.2 Å². The van der Waals surface area contributed by atoms with Crippen LogP contribution in [0.4, 0.5) is 5.69 Å². The number of carbonyl (C=O) groups excluding carboxylic acids is 1. The van der Waals surface area contributed by atoms with Crippen LogP contribution in [0, 0.1) is 36.5 Å². The molecule has 0 atom stereocenters. The molecule has 0 spiro atoms. The standard InChI is InChI=1S/C18H23NO2/c1-10-2-3-15(9-16(10)20)19-18(21)17-13-5-11-4-12(7-13)8-14(17)6-11/h2-3,9,11-14,17,20H,4-8H2,1H3,(H,19,21). The Bertz CT molecular complexity index is 553. The Morgan fingerprint density at radius 2 is 1.71 bits per heavy atom. The van der Waals surface area contributed by atoms with Crippen molar-refractivity contribution in [1.82, 2.24) is 0 Å². The first kappa shape index (κ1) is 13.2. The Hall–Kier alpha value is -1.51. The van der Waals surface area contributed by atoms with Crippen molar-refractivity contribution in [3.8, 4) is 5.75 Å². The summed E-state index contributed by atoms with van der Waals surface area (Å²) in [5.41, 5.74) is 1.56. The van der Waals surface area contributed by atoms with Gasteiger partial charge in [0.25, 0.3) is 0 Å². The SMILES string of the molecule is Cc1ccc(NC(=O)C2C3CC4CC(C3)CC2C4)cc1O. The molecule has 4 aliphatic carbocycles. The van der Waals surface area contributed by atoms with Gasteiger partial charge in [-0.1, -0.05) is 6.07 Å². The van der Waals surface area contributed by atoms with Crippen molar-refractivity contribution in [3.05, 3.63) is 23.8 Å². The van der Waals surface area contributed by atoms with Crippen LogP contribution in [0.1, 0.15) is 37.7 Å². The Morgan fingerprint density at radius 3 is 2.29 bits per heavy atom. The van der Waals surface area contributed by atoms with E-state index >= 15 is 0 Å². The minimum Gasteiger partial charge on any atom is -0.508 e. The molecule has 21 heavy (non-hydrogen) atoms. The van der Waals surface area contributed by atoms with Crippen LogP contribution in [0.25, 0.3) is 0 Å². The number of hydrogen-bond acceptors (Lipinski definition) is 2. The highest BCUT2D eigenvalue weighted by molar-refractivity contribution is 5.93. The van der Waals surface area contributed by atoms with Crippen LogP contribution >= 0.6 is 0 Å². The maximum Gasteiger partial charge on any atom is 0.228 e. The van der Waals surface area contributed by atoms with Crippen LogP contribution in [0.3, 0.4) is 0 Å². The molecule has 1 aromatic carbocycles. The molecule has 4 bridgehead atoms. The summed E-state index contributed by atoms with van der Waals surface area (Å²) < 4.78 is 0. The first-order valence-corrected chi connectivity index (χ1v) is 8.20. The highest BCUT2D eigenvalue weighted by Crippen LogP contribution is 2.56. The molecule has 3 nitrogen and oxygen atoms in total. The van der Waals surface area contributed by atoms with Crippen LogP contribution in [-0.4, -0.2) is 11.0 Å². The monoisotopic (exact) mass is 285 g/mol. The summed E-state index contributed by atoms with van der Waals surface area (Å²) in [6, 6.07) is 5.38. The molecule has 0 saturated heterocycles. The van der Waals surface area contributed by atoms with Gasteiger partial charge in [-0.25, -0.2) is 0 Å². The predicted octanol–water partition coefficient (Wildman–Crippen LogP) is 3.71. The number of benzene rings is 1. The molecule has 1 amide bonds. The van der Waals surface area contributed by atoms with Crippen LogP contribution in [-0.2, 0) is 4.79 Å². The van der Waals surface area contributed by atoms with E-state index in [1.165, 1.54) is 32.1 Å². The number of aryl methyl sites for hydroxylation is 1. The molecule has 3 heteroatoms. The highest BCUT2D eigenvalue weighted by atomic mass is 16.3. The fraction of sp³-hybridized carbons (Fsp3) is 0.611. The molecule has 112 valence electrons. The Kier molecular flexibility index (Phi) is 2.98. The van der Waals surface area contributed by atoms with E-state index in [2.05, 4.69) is 5.32 Å². The largest absolute Gasteiger partial charge is 0.508 e. The Balaban J connectivity index is 1.51. The highest BCUT2D eigenvalue weighted by Gasteiger charge is 2.50. The number of anilines is 1. The number of carbonyl (C=O) groups is 1. The Labute approximate surface area is 125 Å². The summed E-state index contributed by atoms with van der Waals surface area (Å²) in [4.78, 5) is 12.7. The van der Waals surface area contributed by atoms with Gasteiger partial charge in [0.2, 0.25) is 5.91 Å². The third kappa shape index (κ3) is 2.23. The van der Waals surface area contributed by atoms with Gasteiger partial charge in [-0.2, -0.15) is 0 Å². The smallest absolute Gasteiger partial charge is 0.228 e. The summed E-state index contributed by atoms with van der Waals surface area (Å²) in [5, 5.41) is 12.8. The number of amides is 1. The zero-order chi connectivity index (χ0) is 14.6. The van der Waals surface area contributed by atoms with E-state index in [4.69, 9.17) is 0 Å². The first-order valence-electron chi connectivity index (χ1n) is 8.20. The number of phenols is 1. The topological polar surface area (TPSA) is 49.3 Å². The molecule has 0 aromatic heterocycles. The predicted molar refractivity (Wildman–Crippen MR) is 82.0 cm³/mol. The average molecular weight is 285 g/mol. The van der Waals surface area contributed by atoms with Crippen LogP contribution < -0.4 is 5.32 Å². The average Bonchev–Trinajstić information content (AvgIpc) is 2.41. The van der Waals surface area contributed by atoms with E-state index in [9.17, 15) is 9.90 Å². The van der Waals surface area contributed by atoms with Gasteiger partial charge in [-0.15, -0.1) is 0 Å². The number of phenolic OH excluding ortho intramolecular Hbond substituents is 1. The molecule has 2 N–H and O–H groups in total. The zero-order valence-electron chi connectivity index (χ0n) is 12.5. The zero-order valence-corrected chi connectivity index (χ0v) is 12.5. The molecule has 4 saturated carbocycles. The quantitative estimate of drug-likeness (QED) is 0.870. The van der Waals surface area contributed by atoms with Gasteiger partial charge in [0.05, 0.1) is 0 Å². The summed E-state index contributed by atoms with van der Waals surface area (Å²) in [7, 11) is 0. The lowest BCUT2D eigenvalue weighted by atomic mass is 9.51. The molecule has 0 heterocycles. The lowest BCUT2D eigenvalue weighted by Crippen LogP contribution is -2.49. The van der Waals surface area contributed by atoms with Crippen molar-refractivity contribution in [2.45, 2.75) is 39.0 Å². The number of nitrogens with one attached hydrogen (secondary N) is 1. The third-order valence-corrected chi connectivity index (χ3v) is 6.01. The minimum atomic E-state index is 0.173. The van der Waals surface area contributed by atoms with Gasteiger partial charge in [-0.3, -0.25) is 4.79 Å². The fourth-order valence-corrected chi connectivity index (χ4v) is 5.27. The second kappa shape index (κ2) is 4.75. The maximum absolute atomic E-state index is 12.7. The van der Waals surface area contributed by atoms with Crippen molar-refractivity contribution in [1.29, 1.82) is 0 Å². The Morgan fingerprint density at radius 1 is 1.10 bits per heavy atom. The molecule has 0 aliphatic heterocycles. The molecular weight excluding hydrogens is 262 g/mol. The van der Waals surface area contributed by atoms with Crippen LogP contribution in [0.2, 0.25) is 0 Å². The molecule has 0 radical (unpaired) electrons. The third-order valence-electron chi connectivity index (χ3n) is 6.01. The maximum atomic E-state index is 12.7. The normalized spacial score (nSPS) is 36.7. The summed E-state index contributed by atoms with van der Waals surface area (Å²) >= 11 is 0. The van der Waals surface area contributed by atoms with Crippen molar-refractivity contribution in [2.75, 3.05) is 5.32 Å². The van der Waals surface area contributed by atoms with Crippen LogP contribution in [0.5, 0.6) is 5.75 Å². The van der Waals surface area contributed by atoms with Crippen molar-refractivity contribution in [3.63, 3.8) is 0 Å². The van der Waals surface area contributed by atoms with Crippen molar-refractivity contribution in [2.24, 2.45) is 29.6 Å². The molecule has 0 unspecified atom stereocenters. The summed E-state index contributed by atoms with van der Waals surface area (Å²) in [6.07, 6.45) is 6.43. The number of hydrogen-bond donors (Lipinski definition) is 2. The lowest BCUT2D eigenvalue weighted by molar-refractivity contribution is -0.132. The van der Waals surface area contributed by atoms with E-state index in [-0.39, 0.29) is 17.6 Å². The van der Waals surface area contributed by atoms with Gasteiger partial charge in [0.1, 0.15) is 5.75 Å². The number of aromatic hydroxyl groups is 1. The minimum absolute atomic E-state index is 0.173. The van der Waals surface area contributed by atoms with Crippen molar-refractivity contribution < 1.29 is 9.90 Å². The molecule has 5 rings (SSSR count). The van der Waals surface area contributed by atoms with Gasteiger partial charge in [0, 0.05) is 17.7 Å². The molecule has 4 fully saturated rings. The van der Waals surface area contributed by atoms with Gasteiger partial charge in [-0.05, 0) is 74.3 Å². The van der Waals surface area contributed by atoms with E-state index in [1.807, 2.05) is 19.1 Å². The van der Waals surface area contributed by atoms with Gasteiger partial charge in [0.15, 0.2) is 0 Å². The fourth-order valence-electron chi connectivity index (χ4n) is 5.27. The first-order chi connectivity index (χ1) is 10.1. The summed E-state index contributed by atoms with van der Waals surface area (Å²) in [5.74, 6) is 3.59.